The standard InChI is InChI=1S/C17H16N4O2/c1-21-11-15(16(20-21)12-6-4-3-5-7-12)19-14-10-18-9-8-13(14)17(22)23-2/h3-11,19H,1-2H3. The lowest BCUT2D eigenvalue weighted by Crippen LogP contribution is -2.06. The molecule has 0 aliphatic carbocycles. The molecule has 0 radical (unpaired) electrons. The molecule has 0 saturated carbocycles. The maximum atomic E-state index is 11.9. The van der Waals surface area contributed by atoms with E-state index in [1.165, 1.54) is 7.11 Å². The molecular formula is C17H16N4O2. The summed E-state index contributed by atoms with van der Waals surface area (Å²) < 4.78 is 6.53. The third-order valence-corrected chi connectivity index (χ3v) is 3.37. The van der Waals surface area contributed by atoms with Gasteiger partial charge in [0.1, 0.15) is 5.69 Å². The summed E-state index contributed by atoms with van der Waals surface area (Å²) in [6.45, 7) is 0. The van der Waals surface area contributed by atoms with Gasteiger partial charge in [0.2, 0.25) is 0 Å². The van der Waals surface area contributed by atoms with Crippen LogP contribution in [0.25, 0.3) is 11.3 Å². The minimum absolute atomic E-state index is 0.417. The monoisotopic (exact) mass is 308 g/mol. The molecule has 0 aliphatic rings. The fourth-order valence-electron chi connectivity index (χ4n) is 2.32. The van der Waals surface area contributed by atoms with Crippen molar-refractivity contribution in [3.05, 3.63) is 60.6 Å². The zero-order chi connectivity index (χ0) is 16.2. The Bertz CT molecular complexity index is 828. The van der Waals surface area contributed by atoms with E-state index in [1.54, 1.807) is 23.1 Å². The lowest BCUT2D eigenvalue weighted by molar-refractivity contribution is 0.0602. The molecule has 116 valence electrons. The fraction of sp³-hybridized carbons (Fsp3) is 0.118. The predicted molar refractivity (Wildman–Crippen MR) is 87.5 cm³/mol. The largest absolute Gasteiger partial charge is 0.465 e. The maximum absolute atomic E-state index is 11.9. The second-order valence-corrected chi connectivity index (χ2v) is 4.97. The fourth-order valence-corrected chi connectivity index (χ4v) is 2.32. The highest BCUT2D eigenvalue weighted by Gasteiger charge is 2.15. The first kappa shape index (κ1) is 14.8. The van der Waals surface area contributed by atoms with E-state index in [0.29, 0.717) is 11.3 Å². The molecule has 0 aliphatic heterocycles. The van der Waals surface area contributed by atoms with Gasteiger partial charge in [-0.05, 0) is 6.07 Å². The highest BCUT2D eigenvalue weighted by molar-refractivity contribution is 5.96. The summed E-state index contributed by atoms with van der Waals surface area (Å²) >= 11 is 0. The van der Waals surface area contributed by atoms with Gasteiger partial charge in [0, 0.05) is 25.0 Å². The molecule has 1 aromatic carbocycles. The molecule has 2 heterocycles. The first-order valence-electron chi connectivity index (χ1n) is 7.07. The number of methoxy groups -OCH3 is 1. The van der Waals surface area contributed by atoms with Crippen molar-refractivity contribution in [1.29, 1.82) is 0 Å². The van der Waals surface area contributed by atoms with Crippen LogP contribution < -0.4 is 5.32 Å². The summed E-state index contributed by atoms with van der Waals surface area (Å²) in [4.78, 5) is 15.9. The van der Waals surface area contributed by atoms with E-state index in [9.17, 15) is 4.79 Å². The number of hydrogen-bond donors (Lipinski definition) is 1. The molecule has 0 amide bonds. The van der Waals surface area contributed by atoms with Crippen LogP contribution in [-0.4, -0.2) is 27.8 Å². The van der Waals surface area contributed by atoms with E-state index in [1.807, 2.05) is 43.6 Å². The number of anilines is 2. The average Bonchev–Trinajstić information content (AvgIpc) is 2.96. The first-order valence-corrected chi connectivity index (χ1v) is 7.07. The van der Waals surface area contributed by atoms with Crippen molar-refractivity contribution >= 4 is 17.3 Å². The number of benzene rings is 1. The number of carbonyl (C=O) groups is 1. The topological polar surface area (TPSA) is 69.0 Å². The van der Waals surface area contributed by atoms with Crippen LogP contribution in [0.4, 0.5) is 11.4 Å². The summed E-state index contributed by atoms with van der Waals surface area (Å²) in [5.41, 5.74) is 3.57. The van der Waals surface area contributed by atoms with Crippen LogP contribution in [0.5, 0.6) is 0 Å². The van der Waals surface area contributed by atoms with Gasteiger partial charge in [0.05, 0.1) is 30.2 Å². The third kappa shape index (κ3) is 3.06. The van der Waals surface area contributed by atoms with Gasteiger partial charge in [-0.3, -0.25) is 9.67 Å². The molecule has 3 aromatic rings. The Kier molecular flexibility index (Phi) is 4.05. The second-order valence-electron chi connectivity index (χ2n) is 4.97. The van der Waals surface area contributed by atoms with Crippen LogP contribution in [0.1, 0.15) is 10.4 Å². The van der Waals surface area contributed by atoms with E-state index in [2.05, 4.69) is 15.4 Å². The number of ether oxygens (including phenoxy) is 1. The number of nitrogens with one attached hydrogen (secondary N) is 1. The van der Waals surface area contributed by atoms with E-state index < -0.39 is 5.97 Å². The van der Waals surface area contributed by atoms with E-state index in [4.69, 9.17) is 4.74 Å². The third-order valence-electron chi connectivity index (χ3n) is 3.37. The number of pyridine rings is 1. The van der Waals surface area contributed by atoms with Crippen LogP contribution in [-0.2, 0) is 11.8 Å². The number of aromatic nitrogens is 3. The molecule has 1 N–H and O–H groups in total. The van der Waals surface area contributed by atoms with Crippen molar-refractivity contribution in [3.8, 4) is 11.3 Å². The predicted octanol–water partition coefficient (Wildman–Crippen LogP) is 3.01. The molecule has 3 rings (SSSR count). The Labute approximate surface area is 133 Å². The molecule has 0 fully saturated rings. The molecule has 0 atom stereocenters. The lowest BCUT2D eigenvalue weighted by atomic mass is 10.1. The van der Waals surface area contributed by atoms with Crippen LogP contribution >= 0.6 is 0 Å². The molecule has 6 nitrogen and oxygen atoms in total. The highest BCUT2D eigenvalue weighted by Crippen LogP contribution is 2.29. The van der Waals surface area contributed by atoms with Gasteiger partial charge in [0.15, 0.2) is 0 Å². The van der Waals surface area contributed by atoms with Gasteiger partial charge in [-0.15, -0.1) is 0 Å². The molecule has 6 heteroatoms. The van der Waals surface area contributed by atoms with Gasteiger partial charge in [-0.1, -0.05) is 30.3 Å². The van der Waals surface area contributed by atoms with Gasteiger partial charge >= 0.3 is 5.97 Å². The van der Waals surface area contributed by atoms with E-state index in [-0.39, 0.29) is 0 Å². The smallest absolute Gasteiger partial charge is 0.340 e. The Balaban J connectivity index is 2.01. The van der Waals surface area contributed by atoms with E-state index >= 15 is 0 Å². The molecule has 0 saturated heterocycles. The Morgan fingerprint density at radius 2 is 1.96 bits per heavy atom. The Hall–Kier alpha value is -3.15. The number of esters is 1. The minimum Gasteiger partial charge on any atom is -0.465 e. The van der Waals surface area contributed by atoms with Crippen LogP contribution in [0.15, 0.2) is 55.0 Å². The normalized spacial score (nSPS) is 10.3. The number of hydrogen-bond acceptors (Lipinski definition) is 5. The molecular weight excluding hydrogens is 292 g/mol. The minimum atomic E-state index is -0.417. The SMILES string of the molecule is COC(=O)c1ccncc1Nc1cn(C)nc1-c1ccccc1. The summed E-state index contributed by atoms with van der Waals surface area (Å²) in [7, 11) is 3.20. The highest BCUT2D eigenvalue weighted by atomic mass is 16.5. The van der Waals surface area contributed by atoms with Crippen molar-refractivity contribution < 1.29 is 9.53 Å². The van der Waals surface area contributed by atoms with Crippen LogP contribution in [0.2, 0.25) is 0 Å². The molecule has 0 bridgehead atoms. The Morgan fingerprint density at radius 3 is 2.70 bits per heavy atom. The quantitative estimate of drug-likeness (QED) is 0.750. The van der Waals surface area contributed by atoms with Crippen molar-refractivity contribution in [3.63, 3.8) is 0 Å². The first-order chi connectivity index (χ1) is 11.2. The Morgan fingerprint density at radius 1 is 1.17 bits per heavy atom. The van der Waals surface area contributed by atoms with Gasteiger partial charge in [0.25, 0.3) is 0 Å². The number of nitrogens with zero attached hydrogens (tertiary/aromatic N) is 3. The number of aryl methyl sites for hydroxylation is 1. The van der Waals surface area contributed by atoms with Crippen LogP contribution in [0, 0.1) is 0 Å². The van der Waals surface area contributed by atoms with Crippen molar-refractivity contribution in [2.45, 2.75) is 0 Å². The van der Waals surface area contributed by atoms with Gasteiger partial charge < -0.3 is 10.1 Å². The molecule has 0 spiro atoms. The molecule has 0 unspecified atom stereocenters. The maximum Gasteiger partial charge on any atom is 0.340 e. The second kappa shape index (κ2) is 6.31. The summed E-state index contributed by atoms with van der Waals surface area (Å²) in [6, 6.07) is 11.5. The van der Waals surface area contributed by atoms with Gasteiger partial charge in [-0.25, -0.2) is 4.79 Å². The number of carbonyl (C=O) groups excluding carboxylic acids is 1. The average molecular weight is 308 g/mol. The van der Waals surface area contributed by atoms with Gasteiger partial charge in [-0.2, -0.15) is 5.10 Å². The summed E-state index contributed by atoms with van der Waals surface area (Å²) in [6.07, 6.45) is 5.00. The summed E-state index contributed by atoms with van der Waals surface area (Å²) in [5, 5.41) is 7.72. The van der Waals surface area contributed by atoms with Crippen molar-refractivity contribution in [1.82, 2.24) is 14.8 Å². The zero-order valence-corrected chi connectivity index (χ0v) is 12.9. The lowest BCUT2D eigenvalue weighted by Gasteiger charge is -2.10. The zero-order valence-electron chi connectivity index (χ0n) is 12.9. The van der Waals surface area contributed by atoms with Crippen molar-refractivity contribution in [2.75, 3.05) is 12.4 Å². The van der Waals surface area contributed by atoms with Crippen LogP contribution in [0.3, 0.4) is 0 Å². The molecule has 2 aromatic heterocycles. The van der Waals surface area contributed by atoms with Crippen molar-refractivity contribution in [2.24, 2.45) is 7.05 Å². The number of rotatable bonds is 4. The van der Waals surface area contributed by atoms with E-state index in [0.717, 1.165) is 16.9 Å². The molecule has 23 heavy (non-hydrogen) atoms. The summed E-state index contributed by atoms with van der Waals surface area (Å²) in [5.74, 6) is -0.417.